The second-order valence-corrected chi connectivity index (χ2v) is 9.29. The molecule has 1 aromatic carbocycles. The summed E-state index contributed by atoms with van der Waals surface area (Å²) >= 11 is 0. The average molecular weight is 333 g/mol. The van der Waals surface area contributed by atoms with Gasteiger partial charge >= 0.3 is 0 Å². The van der Waals surface area contributed by atoms with E-state index in [9.17, 15) is 13.2 Å². The molecule has 0 spiro atoms. The summed E-state index contributed by atoms with van der Waals surface area (Å²) in [5.41, 5.74) is 0.174. The van der Waals surface area contributed by atoms with Crippen LogP contribution in [0.15, 0.2) is 41.8 Å². The molecule has 1 aliphatic heterocycles. The van der Waals surface area contributed by atoms with Gasteiger partial charge in [0.05, 0.1) is 4.90 Å². The molecule has 5 heteroatoms. The number of carbonyl (C=O) groups excluding carboxylic acids is 1. The summed E-state index contributed by atoms with van der Waals surface area (Å²) in [6.45, 7) is 8.55. The van der Waals surface area contributed by atoms with E-state index < -0.39 is 15.4 Å². The van der Waals surface area contributed by atoms with Crippen molar-refractivity contribution in [2.24, 2.45) is 10.8 Å². The molecular weight excluding hydrogens is 310 g/mol. The lowest BCUT2D eigenvalue weighted by Crippen LogP contribution is -2.40. The number of fused-ring (bicyclic) bond motifs is 2. The fourth-order valence-electron chi connectivity index (χ4n) is 4.01. The van der Waals surface area contributed by atoms with Gasteiger partial charge < -0.3 is 0 Å². The van der Waals surface area contributed by atoms with Crippen molar-refractivity contribution in [1.82, 2.24) is 4.31 Å². The van der Waals surface area contributed by atoms with Gasteiger partial charge in [0.25, 0.3) is 0 Å². The molecule has 2 aliphatic rings. The highest BCUT2D eigenvalue weighted by molar-refractivity contribution is 7.89. The van der Waals surface area contributed by atoms with Crippen molar-refractivity contribution in [3.63, 3.8) is 0 Å². The Morgan fingerprint density at radius 3 is 2.52 bits per heavy atom. The number of hydrogen-bond acceptors (Lipinski definition) is 3. The standard InChI is InChI=1S/C18H23NO3S/c1-4-18-9-10-19(13-17(3,12-18)11-16(18)20)23(21,22)15-7-5-14(2)6-8-15/h4-8H,1,9-13H2,2-3H3/t17-,18-/m1/s1. The van der Waals surface area contributed by atoms with Gasteiger partial charge in [-0.25, -0.2) is 8.42 Å². The Labute approximate surface area is 138 Å². The first-order valence-corrected chi connectivity index (χ1v) is 9.39. The van der Waals surface area contributed by atoms with E-state index in [1.54, 1.807) is 22.5 Å². The molecule has 4 nitrogen and oxygen atoms in total. The highest BCUT2D eigenvalue weighted by Gasteiger charge is 2.54. The van der Waals surface area contributed by atoms with E-state index in [-0.39, 0.29) is 11.2 Å². The van der Waals surface area contributed by atoms with Crippen LogP contribution in [0.2, 0.25) is 0 Å². The maximum Gasteiger partial charge on any atom is 0.243 e. The lowest BCUT2D eigenvalue weighted by atomic mass is 9.79. The van der Waals surface area contributed by atoms with Crippen LogP contribution in [0.5, 0.6) is 0 Å². The number of ketones is 1. The van der Waals surface area contributed by atoms with Crippen LogP contribution in [0.1, 0.15) is 31.7 Å². The lowest BCUT2D eigenvalue weighted by molar-refractivity contribution is -0.124. The third kappa shape index (κ3) is 2.66. The molecule has 124 valence electrons. The van der Waals surface area contributed by atoms with Crippen LogP contribution in [-0.4, -0.2) is 31.6 Å². The number of nitrogens with zero attached hydrogens (tertiary/aromatic N) is 1. The van der Waals surface area contributed by atoms with E-state index in [4.69, 9.17) is 0 Å². The van der Waals surface area contributed by atoms with Crippen molar-refractivity contribution < 1.29 is 13.2 Å². The minimum atomic E-state index is -3.53. The molecule has 2 atom stereocenters. The van der Waals surface area contributed by atoms with E-state index in [2.05, 4.69) is 6.58 Å². The second kappa shape index (κ2) is 5.28. The zero-order valence-corrected chi connectivity index (χ0v) is 14.5. The molecule has 0 amide bonds. The van der Waals surface area contributed by atoms with Crippen molar-refractivity contribution in [2.75, 3.05) is 13.1 Å². The third-order valence-electron chi connectivity index (χ3n) is 5.30. The Morgan fingerprint density at radius 2 is 1.91 bits per heavy atom. The van der Waals surface area contributed by atoms with E-state index in [0.717, 1.165) is 5.56 Å². The van der Waals surface area contributed by atoms with Crippen LogP contribution in [0, 0.1) is 17.8 Å². The average Bonchev–Trinajstić information content (AvgIpc) is 2.64. The predicted octanol–water partition coefficient (Wildman–Crippen LogP) is 2.93. The molecule has 3 rings (SSSR count). The smallest absolute Gasteiger partial charge is 0.243 e. The molecule has 1 saturated heterocycles. The first-order chi connectivity index (χ1) is 10.7. The van der Waals surface area contributed by atoms with Crippen LogP contribution >= 0.6 is 0 Å². The van der Waals surface area contributed by atoms with E-state index in [0.29, 0.717) is 37.2 Å². The molecule has 2 bridgehead atoms. The van der Waals surface area contributed by atoms with Crippen molar-refractivity contribution in [3.8, 4) is 0 Å². The van der Waals surface area contributed by atoms with Gasteiger partial charge in [0.2, 0.25) is 10.0 Å². The molecule has 0 aromatic heterocycles. The molecule has 1 saturated carbocycles. The molecule has 1 aliphatic carbocycles. The topological polar surface area (TPSA) is 54.5 Å². The number of rotatable bonds is 3. The van der Waals surface area contributed by atoms with E-state index in [1.807, 2.05) is 26.0 Å². The Morgan fingerprint density at radius 1 is 1.26 bits per heavy atom. The maximum atomic E-state index is 13.0. The lowest BCUT2D eigenvalue weighted by Gasteiger charge is -2.30. The van der Waals surface area contributed by atoms with Crippen molar-refractivity contribution in [2.45, 2.75) is 38.0 Å². The molecule has 2 fully saturated rings. The van der Waals surface area contributed by atoms with Crippen LogP contribution in [-0.2, 0) is 14.8 Å². The van der Waals surface area contributed by atoms with Crippen molar-refractivity contribution in [1.29, 1.82) is 0 Å². The molecular formula is C18H23NO3S. The second-order valence-electron chi connectivity index (χ2n) is 7.35. The zero-order valence-electron chi connectivity index (χ0n) is 13.7. The predicted molar refractivity (Wildman–Crippen MR) is 89.5 cm³/mol. The first kappa shape index (κ1) is 16.4. The maximum absolute atomic E-state index is 13.0. The number of aryl methyl sites for hydroxylation is 1. The zero-order chi connectivity index (χ0) is 16.9. The molecule has 1 aromatic rings. The molecule has 0 radical (unpaired) electrons. The van der Waals surface area contributed by atoms with Crippen molar-refractivity contribution in [3.05, 3.63) is 42.5 Å². The number of hydrogen-bond donors (Lipinski definition) is 0. The summed E-state index contributed by atoms with van der Waals surface area (Å²) in [7, 11) is -3.53. The Hall–Kier alpha value is -1.46. The summed E-state index contributed by atoms with van der Waals surface area (Å²) in [4.78, 5) is 12.7. The van der Waals surface area contributed by atoms with Crippen LogP contribution in [0.4, 0.5) is 0 Å². The number of sulfonamides is 1. The van der Waals surface area contributed by atoms with Crippen LogP contribution in [0.25, 0.3) is 0 Å². The van der Waals surface area contributed by atoms with Gasteiger partial charge in [-0.05, 0) is 37.3 Å². The van der Waals surface area contributed by atoms with Gasteiger partial charge in [0.1, 0.15) is 5.78 Å². The minimum absolute atomic E-state index is 0.211. The fraction of sp³-hybridized carbons (Fsp3) is 0.500. The monoisotopic (exact) mass is 333 g/mol. The van der Waals surface area contributed by atoms with Gasteiger partial charge in [-0.3, -0.25) is 4.79 Å². The number of carbonyl (C=O) groups is 1. The Balaban J connectivity index is 1.95. The minimum Gasteiger partial charge on any atom is -0.299 e. The highest BCUT2D eigenvalue weighted by Crippen LogP contribution is 2.52. The summed E-state index contributed by atoms with van der Waals surface area (Å²) < 4.78 is 27.5. The fourth-order valence-corrected chi connectivity index (χ4v) is 5.60. The summed E-state index contributed by atoms with van der Waals surface area (Å²) in [5, 5.41) is 0. The van der Waals surface area contributed by atoms with Crippen LogP contribution < -0.4 is 0 Å². The Kier molecular flexibility index (Phi) is 3.76. The normalized spacial score (nSPS) is 31.8. The molecule has 1 heterocycles. The SMILES string of the molecule is C=C[C@]12CCN(S(=O)(=O)c3ccc(C)cc3)C[C@](C)(CC1=O)C2. The van der Waals surface area contributed by atoms with Gasteiger partial charge in [0.15, 0.2) is 0 Å². The van der Waals surface area contributed by atoms with E-state index >= 15 is 0 Å². The molecule has 23 heavy (non-hydrogen) atoms. The first-order valence-electron chi connectivity index (χ1n) is 7.95. The third-order valence-corrected chi connectivity index (χ3v) is 7.16. The largest absolute Gasteiger partial charge is 0.299 e. The number of allylic oxidation sites excluding steroid dienone is 1. The van der Waals surface area contributed by atoms with Gasteiger partial charge in [-0.2, -0.15) is 4.31 Å². The van der Waals surface area contributed by atoms with Crippen LogP contribution in [0.3, 0.4) is 0 Å². The Bertz CT molecular complexity index is 753. The number of benzene rings is 1. The molecule has 0 N–H and O–H groups in total. The summed E-state index contributed by atoms with van der Waals surface area (Å²) in [6, 6.07) is 6.94. The summed E-state index contributed by atoms with van der Waals surface area (Å²) in [5.74, 6) is 0.211. The van der Waals surface area contributed by atoms with Gasteiger partial charge in [0, 0.05) is 24.9 Å². The van der Waals surface area contributed by atoms with Crippen molar-refractivity contribution >= 4 is 15.8 Å². The van der Waals surface area contributed by atoms with Gasteiger partial charge in [-0.15, -0.1) is 6.58 Å². The number of Topliss-reactive ketones (excluding diaryl/α,β-unsaturated/α-hetero) is 1. The summed E-state index contributed by atoms with van der Waals surface area (Å²) in [6.07, 6.45) is 3.39. The molecule has 0 unspecified atom stereocenters. The highest BCUT2D eigenvalue weighted by atomic mass is 32.2. The quantitative estimate of drug-likeness (QED) is 0.799. The van der Waals surface area contributed by atoms with Gasteiger partial charge in [-0.1, -0.05) is 30.7 Å². The van der Waals surface area contributed by atoms with E-state index in [1.165, 1.54) is 0 Å².